The van der Waals surface area contributed by atoms with Crippen molar-refractivity contribution in [3.8, 4) is 0 Å². The van der Waals surface area contributed by atoms with Crippen LogP contribution in [0.2, 0.25) is 0 Å². The lowest BCUT2D eigenvalue weighted by Crippen LogP contribution is -2.49. The van der Waals surface area contributed by atoms with Gasteiger partial charge in [-0.1, -0.05) is 0 Å². The fraction of sp³-hybridized carbons (Fsp3) is 0.591. The molecule has 2 aromatic rings. The number of anilines is 2. The van der Waals surface area contributed by atoms with Gasteiger partial charge in [-0.3, -0.25) is 10.1 Å². The molecule has 1 atom stereocenters. The number of nitrogens with one attached hydrogen (secondary N) is 1. The number of hydrogen-bond acceptors (Lipinski definition) is 8. The fourth-order valence-corrected chi connectivity index (χ4v) is 4.30. The molecule has 2 aliphatic heterocycles. The Kier molecular flexibility index (Phi) is 5.56. The molecule has 3 heterocycles. The van der Waals surface area contributed by atoms with Crippen molar-refractivity contribution in [2.45, 2.75) is 58.1 Å². The topological polar surface area (TPSA) is 114 Å². The van der Waals surface area contributed by atoms with Crippen molar-refractivity contribution in [2.24, 2.45) is 0 Å². The molecule has 0 unspecified atom stereocenters. The Morgan fingerprint density at radius 2 is 1.91 bits per heavy atom. The summed E-state index contributed by atoms with van der Waals surface area (Å²) in [5.41, 5.74) is -0.484. The Labute approximate surface area is 187 Å². The largest absolute Gasteiger partial charge is 0.444 e. The van der Waals surface area contributed by atoms with Crippen LogP contribution in [0, 0.1) is 10.1 Å². The van der Waals surface area contributed by atoms with Crippen molar-refractivity contribution in [1.29, 1.82) is 0 Å². The van der Waals surface area contributed by atoms with Crippen LogP contribution in [0.4, 0.5) is 22.2 Å². The van der Waals surface area contributed by atoms with E-state index in [0.717, 1.165) is 43.6 Å². The van der Waals surface area contributed by atoms with E-state index >= 15 is 0 Å². The molecule has 2 fully saturated rings. The number of fused-ring (bicyclic) bond motifs is 1. The van der Waals surface area contributed by atoms with Gasteiger partial charge in [-0.15, -0.1) is 0 Å². The molecule has 1 aromatic carbocycles. The van der Waals surface area contributed by atoms with Gasteiger partial charge < -0.3 is 19.9 Å². The standard InChI is InChI=1S/C22H30N6O4/c1-21(2,3)32-20(29)25-22(4)9-12-27(14-22)18-16-8-7-15(28(30)31)13-17(16)23-19(24-18)26-10-5-6-11-26/h7-8,13H,5-6,9-12,14H2,1-4H3,(H,25,29)/t22-/m1/s1. The van der Waals surface area contributed by atoms with Gasteiger partial charge in [0.05, 0.1) is 16.0 Å². The van der Waals surface area contributed by atoms with E-state index in [-0.39, 0.29) is 5.69 Å². The van der Waals surface area contributed by atoms with Gasteiger partial charge in [-0.25, -0.2) is 9.78 Å². The van der Waals surface area contributed by atoms with Gasteiger partial charge in [0, 0.05) is 43.7 Å². The van der Waals surface area contributed by atoms with Gasteiger partial charge in [0.25, 0.3) is 5.69 Å². The zero-order valence-electron chi connectivity index (χ0n) is 19.1. The van der Waals surface area contributed by atoms with E-state index in [9.17, 15) is 14.9 Å². The summed E-state index contributed by atoms with van der Waals surface area (Å²) in [6.07, 6.45) is 2.44. The lowest BCUT2D eigenvalue weighted by Gasteiger charge is -2.29. The smallest absolute Gasteiger partial charge is 0.408 e. The summed E-state index contributed by atoms with van der Waals surface area (Å²) >= 11 is 0. The number of carbonyl (C=O) groups is 1. The number of rotatable bonds is 4. The maximum atomic E-state index is 12.4. The minimum absolute atomic E-state index is 0.00683. The summed E-state index contributed by atoms with van der Waals surface area (Å²) in [5.74, 6) is 1.33. The number of amides is 1. The molecule has 0 spiro atoms. The van der Waals surface area contributed by atoms with Crippen molar-refractivity contribution in [3.63, 3.8) is 0 Å². The third kappa shape index (κ3) is 4.68. The van der Waals surface area contributed by atoms with E-state index < -0.39 is 22.2 Å². The summed E-state index contributed by atoms with van der Waals surface area (Å²) in [5, 5.41) is 15.1. The van der Waals surface area contributed by atoms with E-state index in [4.69, 9.17) is 9.72 Å². The third-order valence-electron chi connectivity index (χ3n) is 5.82. The Hall–Kier alpha value is -3.17. The predicted octanol–water partition coefficient (Wildman–Crippen LogP) is 3.63. The van der Waals surface area contributed by atoms with E-state index in [1.807, 2.05) is 27.7 Å². The minimum atomic E-state index is -0.569. The molecule has 32 heavy (non-hydrogen) atoms. The van der Waals surface area contributed by atoms with Crippen molar-refractivity contribution in [1.82, 2.24) is 15.3 Å². The molecule has 172 valence electrons. The molecule has 10 heteroatoms. The summed E-state index contributed by atoms with van der Waals surface area (Å²) in [4.78, 5) is 37.0. The number of aromatic nitrogens is 2. The summed E-state index contributed by atoms with van der Waals surface area (Å²) in [6.45, 7) is 10.5. The van der Waals surface area contributed by atoms with Gasteiger partial charge in [-0.05, 0) is 53.0 Å². The van der Waals surface area contributed by atoms with Gasteiger partial charge in [-0.2, -0.15) is 4.98 Å². The summed E-state index contributed by atoms with van der Waals surface area (Å²) < 4.78 is 5.43. The van der Waals surface area contributed by atoms with Crippen LogP contribution in [0.3, 0.4) is 0 Å². The molecule has 0 bridgehead atoms. The first-order valence-corrected chi connectivity index (χ1v) is 11.0. The third-order valence-corrected chi connectivity index (χ3v) is 5.82. The van der Waals surface area contributed by atoms with Crippen molar-refractivity contribution in [2.75, 3.05) is 36.0 Å². The molecule has 10 nitrogen and oxygen atoms in total. The van der Waals surface area contributed by atoms with E-state index in [1.54, 1.807) is 6.07 Å². The molecule has 1 N–H and O–H groups in total. The first kappa shape index (κ1) is 22.0. The quantitative estimate of drug-likeness (QED) is 0.564. The highest BCUT2D eigenvalue weighted by Crippen LogP contribution is 2.34. The Morgan fingerprint density at radius 3 is 2.56 bits per heavy atom. The number of non-ortho nitro benzene ring substituents is 1. The van der Waals surface area contributed by atoms with Gasteiger partial charge in [0.2, 0.25) is 5.95 Å². The maximum Gasteiger partial charge on any atom is 0.408 e. The highest BCUT2D eigenvalue weighted by Gasteiger charge is 2.38. The zero-order chi connectivity index (χ0) is 23.1. The van der Waals surface area contributed by atoms with E-state index in [1.165, 1.54) is 12.1 Å². The molecule has 1 aromatic heterocycles. The fourth-order valence-electron chi connectivity index (χ4n) is 4.30. The minimum Gasteiger partial charge on any atom is -0.444 e. The number of nitro groups is 1. The van der Waals surface area contributed by atoms with Gasteiger partial charge >= 0.3 is 6.09 Å². The second-order valence-electron chi connectivity index (χ2n) is 9.86. The molecule has 0 saturated carbocycles. The molecular weight excluding hydrogens is 412 g/mol. The van der Waals surface area contributed by atoms with Crippen LogP contribution in [0.25, 0.3) is 10.9 Å². The average Bonchev–Trinajstić information content (AvgIpc) is 3.35. The number of benzene rings is 1. The van der Waals surface area contributed by atoms with Crippen LogP contribution in [0.1, 0.15) is 47.0 Å². The molecule has 0 aliphatic carbocycles. The number of nitro benzene ring substituents is 1. The molecule has 2 saturated heterocycles. The number of hydrogen-bond donors (Lipinski definition) is 1. The highest BCUT2D eigenvalue weighted by atomic mass is 16.6. The second-order valence-corrected chi connectivity index (χ2v) is 9.86. The Bertz CT molecular complexity index is 1050. The number of ether oxygens (including phenoxy) is 1. The number of nitrogens with zero attached hydrogens (tertiary/aromatic N) is 5. The van der Waals surface area contributed by atoms with Crippen LogP contribution in [0.5, 0.6) is 0 Å². The molecule has 4 rings (SSSR count). The molecule has 0 radical (unpaired) electrons. The van der Waals surface area contributed by atoms with E-state index in [2.05, 4.69) is 20.1 Å². The average molecular weight is 443 g/mol. The maximum absolute atomic E-state index is 12.4. The van der Waals surface area contributed by atoms with Crippen molar-refractivity contribution in [3.05, 3.63) is 28.3 Å². The number of carbonyl (C=O) groups excluding carboxylic acids is 1. The Balaban J connectivity index is 1.65. The SMILES string of the molecule is CC(C)(C)OC(=O)N[C@]1(C)CCN(c2nc(N3CCCC3)nc3cc([N+](=O)[O-])ccc23)C1. The molecule has 2 aliphatic rings. The van der Waals surface area contributed by atoms with Crippen molar-refractivity contribution < 1.29 is 14.5 Å². The van der Waals surface area contributed by atoms with E-state index in [0.29, 0.717) is 24.6 Å². The molecular formula is C22H30N6O4. The predicted molar refractivity (Wildman–Crippen MR) is 122 cm³/mol. The zero-order valence-corrected chi connectivity index (χ0v) is 19.1. The van der Waals surface area contributed by atoms with Crippen LogP contribution in [-0.4, -0.2) is 58.3 Å². The summed E-state index contributed by atoms with van der Waals surface area (Å²) in [7, 11) is 0. The number of alkyl carbamates (subject to hydrolysis) is 1. The Morgan fingerprint density at radius 1 is 1.19 bits per heavy atom. The van der Waals surface area contributed by atoms with Gasteiger partial charge in [0.15, 0.2) is 0 Å². The van der Waals surface area contributed by atoms with Crippen LogP contribution in [-0.2, 0) is 4.74 Å². The highest BCUT2D eigenvalue weighted by molar-refractivity contribution is 5.92. The normalized spacial score (nSPS) is 21.2. The van der Waals surface area contributed by atoms with Gasteiger partial charge in [0.1, 0.15) is 11.4 Å². The second kappa shape index (κ2) is 8.07. The first-order valence-electron chi connectivity index (χ1n) is 11.0. The summed E-state index contributed by atoms with van der Waals surface area (Å²) in [6, 6.07) is 4.71. The lowest BCUT2D eigenvalue weighted by molar-refractivity contribution is -0.384. The van der Waals surface area contributed by atoms with Crippen LogP contribution >= 0.6 is 0 Å². The lowest BCUT2D eigenvalue weighted by atomic mass is 10.0. The van der Waals surface area contributed by atoms with Crippen LogP contribution in [0.15, 0.2) is 18.2 Å². The monoisotopic (exact) mass is 442 g/mol. The van der Waals surface area contributed by atoms with Crippen LogP contribution < -0.4 is 15.1 Å². The first-order chi connectivity index (χ1) is 15.0. The molecule has 1 amide bonds. The van der Waals surface area contributed by atoms with Crippen molar-refractivity contribution >= 4 is 34.4 Å².